The largest absolute Gasteiger partial charge is 0.319 e. The zero-order valence-corrected chi connectivity index (χ0v) is 17.0. The van der Waals surface area contributed by atoms with E-state index < -0.39 is 0 Å². The summed E-state index contributed by atoms with van der Waals surface area (Å²) in [7, 11) is 0. The molecule has 1 amide bonds. The third-order valence-electron chi connectivity index (χ3n) is 4.55. The molecule has 26 heavy (non-hydrogen) atoms. The molecule has 5 nitrogen and oxygen atoms in total. The lowest BCUT2D eigenvalue weighted by atomic mass is 9.90. The molecule has 0 aromatic carbocycles. The number of nitriles is 1. The van der Waals surface area contributed by atoms with E-state index in [1.165, 1.54) is 28.7 Å². The first-order chi connectivity index (χ1) is 12.5. The van der Waals surface area contributed by atoms with Gasteiger partial charge in [-0.25, -0.2) is 9.97 Å². The molecule has 1 aliphatic carbocycles. The van der Waals surface area contributed by atoms with Crippen molar-refractivity contribution in [2.75, 3.05) is 0 Å². The maximum absolute atomic E-state index is 12.8. The Bertz CT molecular complexity index is 805. The van der Waals surface area contributed by atoms with Crippen LogP contribution in [0.25, 0.3) is 0 Å². The molecule has 1 N–H and O–H groups in total. The molecule has 3 rings (SSSR count). The van der Waals surface area contributed by atoms with Gasteiger partial charge in [0, 0.05) is 16.3 Å². The third-order valence-corrected chi connectivity index (χ3v) is 7.05. The smallest absolute Gasteiger partial charge is 0.238 e. The second-order valence-corrected chi connectivity index (χ2v) is 8.93. The van der Waals surface area contributed by atoms with E-state index in [1.54, 1.807) is 11.4 Å². The maximum Gasteiger partial charge on any atom is 0.238 e. The molecule has 2 heterocycles. The summed E-state index contributed by atoms with van der Waals surface area (Å²) in [4.78, 5) is 23.7. The van der Waals surface area contributed by atoms with Crippen LogP contribution in [0.4, 0.5) is 0 Å². The summed E-state index contributed by atoms with van der Waals surface area (Å²) in [6, 6.07) is 4.30. The lowest BCUT2D eigenvalue weighted by Crippen LogP contribution is -2.39. The molecule has 2 unspecified atom stereocenters. The molecule has 0 saturated carbocycles. The third kappa shape index (κ3) is 4.13. The number of aryl methyl sites for hydroxylation is 2. The molecule has 1 aliphatic heterocycles. The summed E-state index contributed by atoms with van der Waals surface area (Å²) in [5.41, 5.74) is 3.02. The average Bonchev–Trinajstić information content (AvgIpc) is 2.95. The van der Waals surface area contributed by atoms with Crippen LogP contribution in [0.2, 0.25) is 0 Å². The zero-order valence-electron chi connectivity index (χ0n) is 15.3. The number of hydrogen-bond donors (Lipinski definition) is 1. The fourth-order valence-electron chi connectivity index (χ4n) is 3.30. The normalized spacial score (nSPS) is 20.2. The van der Waals surface area contributed by atoms with Crippen molar-refractivity contribution >= 4 is 34.0 Å². The van der Waals surface area contributed by atoms with E-state index >= 15 is 0 Å². The van der Waals surface area contributed by atoms with E-state index in [1.807, 2.05) is 26.8 Å². The van der Waals surface area contributed by atoms with Gasteiger partial charge in [0.2, 0.25) is 5.91 Å². The van der Waals surface area contributed by atoms with Gasteiger partial charge in [0.15, 0.2) is 5.16 Å². The number of allylic oxidation sites excluding steroid dienone is 1. The van der Waals surface area contributed by atoms with Crippen molar-refractivity contribution in [1.29, 1.82) is 5.26 Å². The van der Waals surface area contributed by atoms with Gasteiger partial charge >= 0.3 is 0 Å². The number of nitrogens with zero attached hydrogens (tertiary/aromatic N) is 3. The molecular formula is C19H23N4OS2. The van der Waals surface area contributed by atoms with Gasteiger partial charge in [0.1, 0.15) is 5.92 Å². The summed E-state index contributed by atoms with van der Waals surface area (Å²) in [6.07, 6.45) is 4.98. The molecule has 0 fully saturated rings. The van der Waals surface area contributed by atoms with Crippen molar-refractivity contribution in [1.82, 2.24) is 15.3 Å². The number of rotatable bonds is 4. The van der Waals surface area contributed by atoms with E-state index in [0.29, 0.717) is 11.6 Å². The molecule has 1 aromatic rings. The molecule has 0 spiro atoms. The molecule has 2 aliphatic rings. The number of hydrogen-bond acceptors (Lipinski definition) is 5. The van der Waals surface area contributed by atoms with Crippen molar-refractivity contribution in [3.05, 3.63) is 27.9 Å². The standard InChI is InChI=1S/C19H23N4OS2/c1-4-15(26-19-21-11(2)9-12(3)22-19)17(24)23-18-14(10-20)13-7-5-6-8-16(13)25-18/h9,14-15H,4-8H2,1-3H3,(H,23,24). The Morgan fingerprint density at radius 1 is 1.38 bits per heavy atom. The van der Waals surface area contributed by atoms with Gasteiger partial charge < -0.3 is 5.32 Å². The topological polar surface area (TPSA) is 78.7 Å². The van der Waals surface area contributed by atoms with Crippen LogP contribution in [0.3, 0.4) is 0 Å². The van der Waals surface area contributed by atoms with Crippen LogP contribution in [0.1, 0.15) is 50.4 Å². The summed E-state index contributed by atoms with van der Waals surface area (Å²) >= 11 is 2.99. The molecule has 0 bridgehead atoms. The second kappa shape index (κ2) is 8.28. The highest BCUT2D eigenvalue weighted by Gasteiger charge is 2.32. The Morgan fingerprint density at radius 2 is 2.08 bits per heavy atom. The molecule has 2 atom stereocenters. The van der Waals surface area contributed by atoms with Gasteiger partial charge in [-0.15, -0.1) is 11.4 Å². The molecular weight excluding hydrogens is 364 g/mol. The summed E-state index contributed by atoms with van der Waals surface area (Å²) < 4.78 is 0. The van der Waals surface area contributed by atoms with Crippen LogP contribution in [0.5, 0.6) is 0 Å². The van der Waals surface area contributed by atoms with Crippen molar-refractivity contribution in [3.63, 3.8) is 0 Å². The summed E-state index contributed by atoms with van der Waals surface area (Å²) in [5, 5.41) is 13.0. The van der Waals surface area contributed by atoms with Crippen LogP contribution < -0.4 is 5.32 Å². The van der Waals surface area contributed by atoms with Crippen molar-refractivity contribution in [2.24, 2.45) is 5.92 Å². The lowest BCUT2D eigenvalue weighted by molar-refractivity contribution is -0.119. The SMILES string of the molecule is CCC(Sc1nc(C)cc(C)n1)C(=O)NC1=[S]C2=C(CCCC2)C1C#N. The minimum absolute atomic E-state index is 0.0668. The van der Waals surface area contributed by atoms with E-state index in [-0.39, 0.29) is 17.1 Å². The molecule has 137 valence electrons. The van der Waals surface area contributed by atoms with Crippen molar-refractivity contribution in [3.8, 4) is 6.07 Å². The monoisotopic (exact) mass is 387 g/mol. The van der Waals surface area contributed by atoms with Crippen molar-refractivity contribution < 1.29 is 4.79 Å². The van der Waals surface area contributed by atoms with Gasteiger partial charge in [0.25, 0.3) is 0 Å². The number of carbonyl (C=O) groups excluding carboxylic acids is 1. The summed E-state index contributed by atoms with van der Waals surface area (Å²) in [5.74, 6) is -0.345. The Hall–Kier alpha value is -1.78. The van der Waals surface area contributed by atoms with E-state index in [4.69, 9.17) is 0 Å². The fraction of sp³-hybridized carbons (Fsp3) is 0.526. The first kappa shape index (κ1) is 19.0. The summed E-state index contributed by atoms with van der Waals surface area (Å²) in [6.45, 7) is 5.84. The number of aromatic nitrogens is 2. The highest BCUT2D eigenvalue weighted by molar-refractivity contribution is 8.02. The second-order valence-electron chi connectivity index (χ2n) is 6.62. The molecule has 7 heteroatoms. The number of nitrogens with one attached hydrogen (secondary N) is 1. The number of amides is 1. The minimum atomic E-state index is -0.278. The van der Waals surface area contributed by atoms with Gasteiger partial charge in [0.05, 0.1) is 16.3 Å². The van der Waals surface area contributed by atoms with Crippen LogP contribution in [-0.4, -0.2) is 26.1 Å². The van der Waals surface area contributed by atoms with Crippen LogP contribution in [0, 0.1) is 31.1 Å². The van der Waals surface area contributed by atoms with Gasteiger partial charge in [-0.05, 0) is 57.6 Å². The highest BCUT2D eigenvalue weighted by atomic mass is 32.2. The quantitative estimate of drug-likeness (QED) is 0.481. The van der Waals surface area contributed by atoms with Crippen LogP contribution >= 0.6 is 23.1 Å². The number of carbonyl (C=O) groups is 1. The predicted octanol–water partition coefficient (Wildman–Crippen LogP) is 3.92. The van der Waals surface area contributed by atoms with Crippen LogP contribution in [0.15, 0.2) is 21.7 Å². The maximum atomic E-state index is 12.8. The first-order valence-electron chi connectivity index (χ1n) is 8.97. The molecule has 0 saturated heterocycles. The first-order valence-corrected chi connectivity index (χ1v) is 10.7. The fourth-order valence-corrected chi connectivity index (χ4v) is 5.61. The van der Waals surface area contributed by atoms with E-state index in [2.05, 4.69) is 21.4 Å². The van der Waals surface area contributed by atoms with Crippen molar-refractivity contribution in [2.45, 2.75) is 63.3 Å². The number of thioether (sulfide) groups is 1. The van der Waals surface area contributed by atoms with Gasteiger partial charge in [-0.3, -0.25) is 4.79 Å². The Morgan fingerprint density at radius 3 is 2.73 bits per heavy atom. The van der Waals surface area contributed by atoms with Gasteiger partial charge in [-0.1, -0.05) is 18.7 Å². The Kier molecular flexibility index (Phi) is 6.05. The molecule has 1 radical (unpaired) electrons. The highest BCUT2D eigenvalue weighted by Crippen LogP contribution is 2.40. The minimum Gasteiger partial charge on any atom is -0.319 e. The van der Waals surface area contributed by atoms with E-state index in [9.17, 15) is 10.1 Å². The zero-order chi connectivity index (χ0) is 18.7. The van der Waals surface area contributed by atoms with Gasteiger partial charge in [-0.2, -0.15) is 5.26 Å². The van der Waals surface area contributed by atoms with Crippen LogP contribution in [-0.2, 0) is 4.79 Å². The Balaban J connectivity index is 1.71. The predicted molar refractivity (Wildman–Crippen MR) is 107 cm³/mol. The lowest BCUT2D eigenvalue weighted by Gasteiger charge is -2.17. The average molecular weight is 388 g/mol. The van der Waals surface area contributed by atoms with E-state index in [0.717, 1.165) is 35.6 Å². The Labute approximate surface area is 162 Å². The molecule has 1 aromatic heterocycles.